The van der Waals surface area contributed by atoms with E-state index < -0.39 is 8.32 Å². The van der Waals surface area contributed by atoms with Crippen LogP contribution in [0.3, 0.4) is 0 Å². The largest absolute Gasteiger partial charge is 0.413 e. The zero-order valence-corrected chi connectivity index (χ0v) is 21.1. The maximum Gasteiger partial charge on any atom is 0.192 e. The standard InChI is InChI=1S/C26H44O3Si/c1-7-8-12-16-23(29-30(5,6)26(2,3)4)18-19-24-22(17-20-25(24)28)15-13-10-9-11-14-21-27/h8,10,12-13,17,19-20,22-23,27H,7,9,11,14-16,18,21H2,1-6H3/b12-8-,13-10-,24-19+/t22-,23-/m0/s1. The number of aliphatic hydroxyl groups excluding tert-OH is 1. The molecule has 2 atom stereocenters. The Bertz CT molecular complexity index is 635. The number of carbonyl (C=O) groups excluding carboxylic acids is 1. The van der Waals surface area contributed by atoms with Gasteiger partial charge in [0.25, 0.3) is 0 Å². The summed E-state index contributed by atoms with van der Waals surface area (Å²) in [5.74, 6) is 0.315. The monoisotopic (exact) mass is 432 g/mol. The van der Waals surface area contributed by atoms with Gasteiger partial charge in [-0.05, 0) is 69.2 Å². The molecule has 1 aliphatic carbocycles. The molecule has 0 saturated heterocycles. The number of ketones is 1. The summed E-state index contributed by atoms with van der Waals surface area (Å²) in [6.07, 6.45) is 21.1. The van der Waals surface area contributed by atoms with Crippen molar-refractivity contribution in [1.29, 1.82) is 0 Å². The van der Waals surface area contributed by atoms with E-state index >= 15 is 0 Å². The van der Waals surface area contributed by atoms with Crippen molar-refractivity contribution in [2.45, 2.75) is 96.9 Å². The predicted molar refractivity (Wildman–Crippen MR) is 131 cm³/mol. The molecule has 0 fully saturated rings. The minimum Gasteiger partial charge on any atom is -0.413 e. The molecule has 0 aliphatic heterocycles. The molecule has 0 spiro atoms. The molecule has 4 heteroatoms. The van der Waals surface area contributed by atoms with Crippen LogP contribution in [0.5, 0.6) is 0 Å². The minimum absolute atomic E-state index is 0.115. The van der Waals surface area contributed by atoms with Crippen molar-refractivity contribution in [1.82, 2.24) is 0 Å². The fourth-order valence-electron chi connectivity index (χ4n) is 3.24. The molecule has 0 saturated carbocycles. The van der Waals surface area contributed by atoms with Gasteiger partial charge in [-0.1, -0.05) is 64.2 Å². The second-order valence-electron chi connectivity index (χ2n) is 9.77. The highest BCUT2D eigenvalue weighted by Crippen LogP contribution is 2.38. The lowest BCUT2D eigenvalue weighted by Gasteiger charge is -2.39. The molecule has 0 bridgehead atoms. The first kappa shape index (κ1) is 26.8. The van der Waals surface area contributed by atoms with E-state index in [2.05, 4.69) is 71.2 Å². The normalized spacial score (nSPS) is 20.3. The van der Waals surface area contributed by atoms with E-state index in [1.165, 1.54) is 0 Å². The number of carbonyl (C=O) groups is 1. The smallest absolute Gasteiger partial charge is 0.192 e. The van der Waals surface area contributed by atoms with E-state index in [9.17, 15) is 4.79 Å². The minimum atomic E-state index is -1.87. The summed E-state index contributed by atoms with van der Waals surface area (Å²) in [4.78, 5) is 12.4. The third-order valence-electron chi connectivity index (χ3n) is 6.17. The Morgan fingerprint density at radius 3 is 2.50 bits per heavy atom. The second-order valence-corrected chi connectivity index (χ2v) is 14.5. The van der Waals surface area contributed by atoms with Gasteiger partial charge in [-0.3, -0.25) is 4.79 Å². The van der Waals surface area contributed by atoms with Crippen LogP contribution >= 0.6 is 0 Å². The molecule has 1 rings (SSSR count). The molecule has 30 heavy (non-hydrogen) atoms. The van der Waals surface area contributed by atoms with E-state index in [1.54, 1.807) is 6.08 Å². The molecule has 3 nitrogen and oxygen atoms in total. The van der Waals surface area contributed by atoms with Gasteiger partial charge in [0.15, 0.2) is 14.1 Å². The lowest BCUT2D eigenvalue weighted by molar-refractivity contribution is -0.111. The van der Waals surface area contributed by atoms with Gasteiger partial charge in [-0.2, -0.15) is 0 Å². The summed E-state index contributed by atoms with van der Waals surface area (Å²) in [6.45, 7) is 13.8. The van der Waals surface area contributed by atoms with E-state index in [-0.39, 0.29) is 29.5 Å². The van der Waals surface area contributed by atoms with Gasteiger partial charge in [-0.15, -0.1) is 0 Å². The fraction of sp³-hybridized carbons (Fsp3) is 0.654. The summed E-state index contributed by atoms with van der Waals surface area (Å²) in [5.41, 5.74) is 0.915. The van der Waals surface area contributed by atoms with Crippen molar-refractivity contribution in [3.05, 3.63) is 48.1 Å². The average molecular weight is 433 g/mol. The molecule has 0 amide bonds. The maximum atomic E-state index is 12.4. The van der Waals surface area contributed by atoms with Gasteiger partial charge in [0.1, 0.15) is 0 Å². The van der Waals surface area contributed by atoms with Crippen LogP contribution in [0.2, 0.25) is 18.1 Å². The summed E-state index contributed by atoms with van der Waals surface area (Å²) < 4.78 is 6.69. The Labute approximate surface area is 186 Å². The summed E-state index contributed by atoms with van der Waals surface area (Å²) in [5, 5.41) is 9.02. The van der Waals surface area contributed by atoms with Crippen LogP contribution in [-0.4, -0.2) is 31.9 Å². The maximum absolute atomic E-state index is 12.4. The molecular weight excluding hydrogens is 388 g/mol. The van der Waals surface area contributed by atoms with Crippen LogP contribution in [0.4, 0.5) is 0 Å². The summed E-state index contributed by atoms with van der Waals surface area (Å²) >= 11 is 0. The van der Waals surface area contributed by atoms with E-state index in [4.69, 9.17) is 9.53 Å². The van der Waals surface area contributed by atoms with E-state index in [0.29, 0.717) is 0 Å². The third-order valence-corrected chi connectivity index (χ3v) is 10.7. The van der Waals surface area contributed by atoms with Crippen molar-refractivity contribution in [2.75, 3.05) is 6.61 Å². The van der Waals surface area contributed by atoms with Crippen molar-refractivity contribution in [2.24, 2.45) is 5.92 Å². The lowest BCUT2D eigenvalue weighted by Crippen LogP contribution is -2.43. The predicted octanol–water partition coefficient (Wildman–Crippen LogP) is 6.91. The van der Waals surface area contributed by atoms with Gasteiger partial charge in [-0.25, -0.2) is 0 Å². The summed E-state index contributed by atoms with van der Waals surface area (Å²) in [7, 11) is -1.87. The van der Waals surface area contributed by atoms with Crippen LogP contribution in [-0.2, 0) is 9.22 Å². The molecular formula is C26H44O3Si. The highest BCUT2D eigenvalue weighted by molar-refractivity contribution is 6.74. The molecule has 0 aromatic heterocycles. The number of allylic oxidation sites excluding steroid dienone is 6. The molecule has 170 valence electrons. The zero-order chi connectivity index (χ0) is 22.6. The number of hydrogen-bond donors (Lipinski definition) is 1. The molecule has 0 aromatic rings. The highest BCUT2D eigenvalue weighted by atomic mass is 28.4. The van der Waals surface area contributed by atoms with Crippen LogP contribution in [0.15, 0.2) is 48.1 Å². The van der Waals surface area contributed by atoms with Gasteiger partial charge in [0, 0.05) is 18.1 Å². The van der Waals surface area contributed by atoms with Gasteiger partial charge in [0.2, 0.25) is 0 Å². The third kappa shape index (κ3) is 9.28. The topological polar surface area (TPSA) is 46.5 Å². The number of hydrogen-bond acceptors (Lipinski definition) is 3. The molecule has 0 unspecified atom stereocenters. The fourth-order valence-corrected chi connectivity index (χ4v) is 4.62. The Morgan fingerprint density at radius 2 is 1.87 bits per heavy atom. The van der Waals surface area contributed by atoms with Crippen molar-refractivity contribution in [3.8, 4) is 0 Å². The second kappa shape index (κ2) is 13.2. The number of aliphatic hydroxyl groups is 1. The van der Waals surface area contributed by atoms with Gasteiger partial charge in [0.05, 0.1) is 6.10 Å². The van der Waals surface area contributed by atoms with Crippen molar-refractivity contribution < 1.29 is 14.3 Å². The van der Waals surface area contributed by atoms with Crippen LogP contribution in [0.1, 0.15) is 72.6 Å². The Kier molecular flexibility index (Phi) is 11.8. The zero-order valence-electron chi connectivity index (χ0n) is 20.1. The van der Waals surface area contributed by atoms with E-state index in [0.717, 1.165) is 50.5 Å². The quantitative estimate of drug-likeness (QED) is 0.149. The SMILES string of the molecule is CC/C=C\C[C@@H](C/C=C1/C(=O)C=C[C@@H]1C/C=C\CCCCO)O[Si](C)(C)C(C)(C)C. The average Bonchev–Trinajstić information content (AvgIpc) is 3.01. The van der Waals surface area contributed by atoms with Gasteiger partial charge >= 0.3 is 0 Å². The Balaban J connectivity index is 2.80. The molecule has 1 N–H and O–H groups in total. The Morgan fingerprint density at radius 1 is 1.13 bits per heavy atom. The van der Waals surface area contributed by atoms with Crippen molar-refractivity contribution in [3.63, 3.8) is 0 Å². The van der Waals surface area contributed by atoms with Crippen LogP contribution < -0.4 is 0 Å². The van der Waals surface area contributed by atoms with E-state index in [1.807, 2.05) is 6.08 Å². The van der Waals surface area contributed by atoms with Crippen molar-refractivity contribution >= 4 is 14.1 Å². The van der Waals surface area contributed by atoms with Crippen LogP contribution in [0.25, 0.3) is 0 Å². The van der Waals surface area contributed by atoms with Gasteiger partial charge < -0.3 is 9.53 Å². The highest BCUT2D eigenvalue weighted by Gasteiger charge is 2.38. The molecule has 0 radical (unpaired) electrons. The lowest BCUT2D eigenvalue weighted by atomic mass is 9.96. The number of rotatable bonds is 13. The first-order valence-electron chi connectivity index (χ1n) is 11.6. The first-order valence-corrected chi connectivity index (χ1v) is 14.5. The molecule has 0 aromatic carbocycles. The number of unbranched alkanes of at least 4 members (excludes halogenated alkanes) is 2. The first-order chi connectivity index (χ1) is 14.1. The molecule has 0 heterocycles. The molecule has 1 aliphatic rings. The van der Waals surface area contributed by atoms with Crippen LogP contribution in [0, 0.1) is 5.92 Å². The Hall–Kier alpha value is -1.23. The summed E-state index contributed by atoms with van der Waals surface area (Å²) in [6, 6.07) is 0.